The Balaban J connectivity index is 6.05. The van der Waals surface area contributed by atoms with Gasteiger partial charge in [0.25, 0.3) is 0 Å². The average Bonchev–Trinajstić information content (AvgIpc) is 2.76. The quantitative estimate of drug-likeness (QED) is 0.130. The van der Waals surface area contributed by atoms with Gasteiger partial charge in [0.05, 0.1) is 5.92 Å². The molecule has 0 aromatic rings. The Bertz CT molecular complexity index is 805. The third kappa shape index (κ3) is 6.78. The molecule has 0 aromatic carbocycles. The minimum Gasteiger partial charge on any atom is -0.481 e. The second kappa shape index (κ2) is 12.0. The first-order valence-electron chi connectivity index (χ1n) is 11.1. The molecule has 0 rings (SSSR count). The molecule has 0 spiro atoms. The molecule has 1 atom stereocenters. The minimum absolute atomic E-state index is 0.00834. The Morgan fingerprint density at radius 3 is 1.28 bits per heavy atom. The lowest BCUT2D eigenvalue weighted by molar-refractivity contribution is -0.461. The van der Waals surface area contributed by atoms with Crippen molar-refractivity contribution in [2.75, 3.05) is 0 Å². The van der Waals surface area contributed by atoms with Crippen molar-refractivity contribution in [3.63, 3.8) is 0 Å². The first-order chi connectivity index (χ1) is 17.1. The molecule has 234 valence electrons. The van der Waals surface area contributed by atoms with Crippen LogP contribution in [0.2, 0.25) is 0 Å². The van der Waals surface area contributed by atoms with Crippen LogP contribution in [-0.4, -0.2) is 58.7 Å². The highest BCUT2D eigenvalue weighted by Crippen LogP contribution is 2.64. The smallest absolute Gasteiger partial charge is 0.460 e. The second-order valence-electron chi connectivity index (χ2n) is 8.78. The Morgan fingerprint density at radius 2 is 0.897 bits per heavy atom. The van der Waals surface area contributed by atoms with Crippen molar-refractivity contribution in [1.82, 2.24) is 0 Å². The molecule has 39 heavy (non-hydrogen) atoms. The minimum atomic E-state index is -8.68. The summed E-state index contributed by atoms with van der Waals surface area (Å²) >= 11 is 0. The van der Waals surface area contributed by atoms with Gasteiger partial charge in [0.1, 0.15) is 0 Å². The zero-order valence-corrected chi connectivity index (χ0v) is 19.7. The Labute approximate surface area is 209 Å². The molecule has 0 heterocycles. The van der Waals surface area contributed by atoms with E-state index in [4.69, 9.17) is 5.11 Å². The molecule has 0 fully saturated rings. The van der Waals surface area contributed by atoms with E-state index in [1.54, 1.807) is 0 Å². The van der Waals surface area contributed by atoms with Gasteiger partial charge in [-0.25, -0.2) is 0 Å². The van der Waals surface area contributed by atoms with Crippen LogP contribution in [0.4, 0.5) is 74.6 Å². The number of rotatable bonds is 17. The van der Waals surface area contributed by atoms with Gasteiger partial charge >= 0.3 is 53.6 Å². The third-order valence-electron chi connectivity index (χ3n) is 5.85. The van der Waals surface area contributed by atoms with Crippen LogP contribution in [0.1, 0.15) is 64.7 Å². The van der Waals surface area contributed by atoms with Crippen LogP contribution in [0, 0.1) is 5.92 Å². The number of alkyl halides is 17. The lowest BCUT2D eigenvalue weighted by Crippen LogP contribution is -2.74. The maximum Gasteiger partial charge on any atom is 0.460 e. The number of aliphatic carboxylic acids is 1. The van der Waals surface area contributed by atoms with Crippen LogP contribution >= 0.6 is 0 Å². The van der Waals surface area contributed by atoms with E-state index in [9.17, 15) is 79.4 Å². The summed E-state index contributed by atoms with van der Waals surface area (Å²) in [7, 11) is 0. The molecule has 19 heteroatoms. The second-order valence-corrected chi connectivity index (χ2v) is 8.78. The first kappa shape index (κ1) is 37.3. The van der Waals surface area contributed by atoms with Crippen molar-refractivity contribution in [3.8, 4) is 0 Å². The number of halogens is 17. The van der Waals surface area contributed by atoms with Crippen molar-refractivity contribution in [3.05, 3.63) is 0 Å². The Kier molecular flexibility index (Phi) is 11.5. The molecular weight excluding hydrogens is 595 g/mol. The highest BCUT2D eigenvalue weighted by atomic mass is 19.4. The van der Waals surface area contributed by atoms with E-state index in [0.29, 0.717) is 19.3 Å². The topological polar surface area (TPSA) is 37.3 Å². The van der Waals surface area contributed by atoms with E-state index in [1.165, 1.54) is 0 Å². The number of carbonyl (C=O) groups is 1. The van der Waals surface area contributed by atoms with E-state index in [0.717, 1.165) is 12.8 Å². The highest BCUT2D eigenvalue weighted by Gasteiger charge is 2.95. The summed E-state index contributed by atoms with van der Waals surface area (Å²) in [6.07, 6.45) is -9.58. The van der Waals surface area contributed by atoms with Gasteiger partial charge in [0.15, 0.2) is 0 Å². The van der Waals surface area contributed by atoms with Crippen molar-refractivity contribution >= 4 is 5.97 Å². The average molecular weight is 618 g/mol. The van der Waals surface area contributed by atoms with Gasteiger partial charge in [-0.05, 0) is 12.8 Å². The van der Waals surface area contributed by atoms with Crippen molar-refractivity contribution in [2.45, 2.75) is 112 Å². The van der Waals surface area contributed by atoms with Crippen LogP contribution in [0.3, 0.4) is 0 Å². The first-order valence-corrected chi connectivity index (χ1v) is 11.1. The maximum absolute atomic E-state index is 14.0. The maximum atomic E-state index is 14.0. The van der Waals surface area contributed by atoms with Crippen molar-refractivity contribution in [1.29, 1.82) is 0 Å². The number of hydrogen-bond donors (Lipinski definition) is 1. The summed E-state index contributed by atoms with van der Waals surface area (Å²) in [6.45, 7) is 1.85. The molecule has 0 aromatic heterocycles. The summed E-state index contributed by atoms with van der Waals surface area (Å²) in [5.74, 6) is -60.7. The van der Waals surface area contributed by atoms with E-state index in [-0.39, 0.29) is 6.42 Å². The lowest BCUT2D eigenvalue weighted by atomic mass is 9.86. The predicted molar refractivity (Wildman–Crippen MR) is 99.0 cm³/mol. The van der Waals surface area contributed by atoms with Crippen LogP contribution in [0.15, 0.2) is 0 Å². The third-order valence-corrected chi connectivity index (χ3v) is 5.85. The summed E-state index contributed by atoms with van der Waals surface area (Å²) in [5, 5.41) is 8.99. The molecule has 0 amide bonds. The molecule has 0 aliphatic heterocycles. The molecule has 0 aliphatic rings. The highest BCUT2D eigenvalue weighted by molar-refractivity contribution is 5.69. The van der Waals surface area contributed by atoms with Gasteiger partial charge in [-0.2, -0.15) is 74.6 Å². The van der Waals surface area contributed by atoms with E-state index < -0.39 is 78.8 Å². The van der Waals surface area contributed by atoms with E-state index >= 15 is 0 Å². The fourth-order valence-corrected chi connectivity index (χ4v) is 3.27. The summed E-state index contributed by atoms with van der Waals surface area (Å²) in [5.41, 5.74) is 0. The molecule has 0 saturated heterocycles. The van der Waals surface area contributed by atoms with Gasteiger partial charge in [-0.15, -0.1) is 0 Å². The van der Waals surface area contributed by atoms with Crippen LogP contribution < -0.4 is 0 Å². The number of hydrogen-bond acceptors (Lipinski definition) is 1. The van der Waals surface area contributed by atoms with E-state index in [1.807, 2.05) is 6.92 Å². The van der Waals surface area contributed by atoms with E-state index in [2.05, 4.69) is 0 Å². The molecule has 1 unspecified atom stereocenters. The van der Waals surface area contributed by atoms with Gasteiger partial charge < -0.3 is 5.11 Å². The summed E-state index contributed by atoms with van der Waals surface area (Å²) < 4.78 is 226. The van der Waals surface area contributed by atoms with Crippen LogP contribution in [-0.2, 0) is 4.79 Å². The van der Waals surface area contributed by atoms with Crippen molar-refractivity contribution in [2.24, 2.45) is 5.92 Å². The van der Waals surface area contributed by atoms with Gasteiger partial charge in [-0.3, -0.25) is 4.79 Å². The standard InChI is InChI=1S/C20H23F17O2/c1-2-3-4-5-6-7-8-11(12(38)39)9-10-13(21,22)14(23,24)15(25,26)16(27,28)17(29,30)18(31,32)19(33,34)20(35,36)37/h11H,2-10H2,1H3,(H,38,39). The van der Waals surface area contributed by atoms with Gasteiger partial charge in [-0.1, -0.05) is 45.4 Å². The van der Waals surface area contributed by atoms with Crippen LogP contribution in [0.25, 0.3) is 0 Å². The largest absolute Gasteiger partial charge is 0.481 e. The molecule has 0 saturated carbocycles. The Morgan fingerprint density at radius 1 is 0.538 bits per heavy atom. The van der Waals surface area contributed by atoms with Gasteiger partial charge in [0.2, 0.25) is 0 Å². The molecular formula is C20H23F17O2. The molecule has 2 nitrogen and oxygen atoms in total. The van der Waals surface area contributed by atoms with Gasteiger partial charge in [0, 0.05) is 6.42 Å². The zero-order valence-electron chi connectivity index (χ0n) is 19.7. The summed E-state index contributed by atoms with van der Waals surface area (Å²) in [4.78, 5) is 11.2. The lowest BCUT2D eigenvalue weighted by Gasteiger charge is -2.42. The molecule has 1 N–H and O–H groups in total. The molecule has 0 bridgehead atoms. The summed E-state index contributed by atoms with van der Waals surface area (Å²) in [6, 6.07) is 0. The predicted octanol–water partition coefficient (Wildman–Crippen LogP) is 9.23. The normalized spacial score (nSPS) is 15.9. The van der Waals surface area contributed by atoms with Crippen molar-refractivity contribution < 1.29 is 84.5 Å². The molecule has 0 radical (unpaired) electrons. The number of carboxylic acid groups (broad SMARTS) is 1. The number of unbranched alkanes of at least 4 members (excludes halogenated alkanes) is 5. The van der Waals surface area contributed by atoms with Crippen LogP contribution in [0.5, 0.6) is 0 Å². The monoisotopic (exact) mass is 618 g/mol. The SMILES string of the molecule is CCCCCCCCC(CCC(F)(F)C(F)(F)C(F)(F)C(F)(F)C(F)(F)C(F)(F)C(F)(F)C(F)(F)F)C(=O)O. The fourth-order valence-electron chi connectivity index (χ4n) is 3.27. The zero-order chi connectivity index (χ0) is 31.5. The Hall–Kier alpha value is -1.72. The number of carboxylic acids is 1. The fraction of sp³-hybridized carbons (Fsp3) is 0.950. The molecule has 0 aliphatic carbocycles.